The monoisotopic (exact) mass is 325 g/mol. The Morgan fingerprint density at radius 2 is 2.14 bits per heavy atom. The first-order chi connectivity index (χ1) is 10.6. The lowest BCUT2D eigenvalue weighted by Crippen LogP contribution is -2.49. The van der Waals surface area contributed by atoms with Gasteiger partial charge in [0.2, 0.25) is 0 Å². The minimum atomic E-state index is -0.105. The molecule has 2 rings (SSSR count). The van der Waals surface area contributed by atoms with E-state index in [4.69, 9.17) is 16.3 Å². The summed E-state index contributed by atoms with van der Waals surface area (Å²) in [4.78, 5) is 18.5. The molecule has 22 heavy (non-hydrogen) atoms. The lowest BCUT2D eigenvalue weighted by atomic mass is 10.0. The van der Waals surface area contributed by atoms with Crippen molar-refractivity contribution in [2.45, 2.75) is 26.3 Å². The fraction of sp³-hybridized carbons (Fsp3) is 0.625. The van der Waals surface area contributed by atoms with Crippen LogP contribution in [-0.4, -0.2) is 54.7 Å². The Kier molecular flexibility index (Phi) is 6.61. The average Bonchev–Trinajstić information content (AvgIpc) is 2.52. The van der Waals surface area contributed by atoms with Gasteiger partial charge in [0.1, 0.15) is 5.15 Å². The van der Waals surface area contributed by atoms with Crippen LogP contribution in [-0.2, 0) is 4.74 Å². The van der Waals surface area contributed by atoms with Crippen molar-refractivity contribution in [1.29, 1.82) is 0 Å². The summed E-state index contributed by atoms with van der Waals surface area (Å²) in [7, 11) is 0. The van der Waals surface area contributed by atoms with Gasteiger partial charge in [0.25, 0.3) is 5.91 Å². The molecule has 1 fully saturated rings. The third kappa shape index (κ3) is 5.23. The number of hydrogen-bond donors (Lipinski definition) is 1. The first kappa shape index (κ1) is 17.2. The van der Waals surface area contributed by atoms with Gasteiger partial charge in [-0.2, -0.15) is 0 Å². The highest BCUT2D eigenvalue weighted by Gasteiger charge is 2.22. The maximum Gasteiger partial charge on any atom is 0.252 e. The number of aromatic nitrogens is 1. The minimum Gasteiger partial charge on any atom is -0.379 e. The van der Waals surface area contributed by atoms with Gasteiger partial charge in [-0.05, 0) is 24.5 Å². The van der Waals surface area contributed by atoms with Crippen molar-refractivity contribution in [3.05, 3.63) is 29.0 Å². The van der Waals surface area contributed by atoms with Gasteiger partial charge in [-0.15, -0.1) is 0 Å². The van der Waals surface area contributed by atoms with E-state index in [0.717, 1.165) is 32.7 Å². The Labute approximate surface area is 137 Å². The molecule has 0 aromatic carbocycles. The summed E-state index contributed by atoms with van der Waals surface area (Å²) in [6, 6.07) is 3.66. The van der Waals surface area contributed by atoms with Gasteiger partial charge in [0.05, 0.1) is 18.8 Å². The highest BCUT2D eigenvalue weighted by atomic mass is 35.5. The number of nitrogens with one attached hydrogen (secondary N) is 1. The number of amides is 1. The molecule has 0 spiro atoms. The molecule has 1 aromatic heterocycles. The molecule has 0 saturated carbocycles. The third-order valence-electron chi connectivity index (χ3n) is 3.79. The van der Waals surface area contributed by atoms with Crippen LogP contribution < -0.4 is 5.32 Å². The highest BCUT2D eigenvalue weighted by molar-refractivity contribution is 6.29. The van der Waals surface area contributed by atoms with Crippen LogP contribution in [0.15, 0.2) is 18.3 Å². The Hall–Kier alpha value is -1.17. The number of pyridine rings is 1. The topological polar surface area (TPSA) is 54.5 Å². The van der Waals surface area contributed by atoms with E-state index in [1.165, 1.54) is 6.20 Å². The Balaban J connectivity index is 1.91. The van der Waals surface area contributed by atoms with Crippen LogP contribution >= 0.6 is 11.6 Å². The summed E-state index contributed by atoms with van der Waals surface area (Å²) in [5, 5.41) is 3.41. The molecule has 0 bridgehead atoms. The summed E-state index contributed by atoms with van der Waals surface area (Å²) in [6.45, 7) is 8.44. The second-order valence-electron chi connectivity index (χ2n) is 6.01. The van der Waals surface area contributed by atoms with Gasteiger partial charge in [0, 0.05) is 31.9 Å². The molecule has 0 aliphatic carbocycles. The minimum absolute atomic E-state index is 0.105. The summed E-state index contributed by atoms with van der Waals surface area (Å²) >= 11 is 5.74. The fourth-order valence-electron chi connectivity index (χ4n) is 2.67. The van der Waals surface area contributed by atoms with Gasteiger partial charge in [-0.25, -0.2) is 4.98 Å². The van der Waals surface area contributed by atoms with Crippen LogP contribution in [0.3, 0.4) is 0 Å². The number of rotatable bonds is 6. The Morgan fingerprint density at radius 3 is 2.73 bits per heavy atom. The van der Waals surface area contributed by atoms with E-state index in [9.17, 15) is 4.79 Å². The number of nitrogens with zero attached hydrogens (tertiary/aromatic N) is 2. The van der Waals surface area contributed by atoms with Gasteiger partial charge in [-0.1, -0.05) is 25.4 Å². The second kappa shape index (κ2) is 8.46. The standard InChI is InChI=1S/C16H24ClN3O2/c1-12(2)9-14(20-5-7-22-8-6-20)11-19-16(21)13-3-4-15(17)18-10-13/h3-4,10,12,14H,5-9,11H2,1-2H3,(H,19,21). The van der Waals surface area contributed by atoms with Crippen LogP contribution in [0.1, 0.15) is 30.6 Å². The van der Waals surface area contributed by atoms with E-state index in [1.54, 1.807) is 12.1 Å². The zero-order valence-corrected chi connectivity index (χ0v) is 14.0. The molecule has 1 N–H and O–H groups in total. The third-order valence-corrected chi connectivity index (χ3v) is 4.02. The SMILES string of the molecule is CC(C)CC(CNC(=O)c1ccc(Cl)nc1)N1CCOCC1. The van der Waals surface area contributed by atoms with Crippen LogP contribution in [0.4, 0.5) is 0 Å². The Morgan fingerprint density at radius 1 is 1.41 bits per heavy atom. The zero-order valence-electron chi connectivity index (χ0n) is 13.2. The van der Waals surface area contributed by atoms with Crippen LogP contribution in [0.2, 0.25) is 5.15 Å². The zero-order chi connectivity index (χ0) is 15.9. The molecule has 1 aliphatic rings. The number of halogens is 1. The van der Waals surface area contributed by atoms with E-state index in [-0.39, 0.29) is 5.91 Å². The lowest BCUT2D eigenvalue weighted by molar-refractivity contribution is 0.0124. The Bertz CT molecular complexity index is 473. The summed E-state index contributed by atoms with van der Waals surface area (Å²) < 4.78 is 5.41. The van der Waals surface area contributed by atoms with Gasteiger partial charge in [-0.3, -0.25) is 9.69 Å². The van der Waals surface area contributed by atoms with E-state index in [1.807, 2.05) is 0 Å². The number of ether oxygens (including phenoxy) is 1. The molecule has 6 heteroatoms. The van der Waals surface area contributed by atoms with Crippen molar-refractivity contribution < 1.29 is 9.53 Å². The van der Waals surface area contributed by atoms with Crippen molar-refractivity contribution in [2.24, 2.45) is 5.92 Å². The van der Waals surface area contributed by atoms with E-state index >= 15 is 0 Å². The van der Waals surface area contributed by atoms with Crippen molar-refractivity contribution >= 4 is 17.5 Å². The lowest BCUT2D eigenvalue weighted by Gasteiger charge is -2.35. The van der Waals surface area contributed by atoms with Gasteiger partial charge in [0.15, 0.2) is 0 Å². The van der Waals surface area contributed by atoms with E-state index < -0.39 is 0 Å². The fourth-order valence-corrected chi connectivity index (χ4v) is 2.78. The molecule has 1 amide bonds. The van der Waals surface area contributed by atoms with E-state index in [2.05, 4.69) is 29.0 Å². The maximum absolute atomic E-state index is 12.2. The van der Waals surface area contributed by atoms with Gasteiger partial charge < -0.3 is 10.1 Å². The maximum atomic E-state index is 12.2. The van der Waals surface area contributed by atoms with Crippen molar-refractivity contribution in [1.82, 2.24) is 15.2 Å². The molecule has 5 nitrogen and oxygen atoms in total. The number of carbonyl (C=O) groups is 1. The van der Waals surface area contributed by atoms with Gasteiger partial charge >= 0.3 is 0 Å². The predicted octanol–water partition coefficient (Wildman–Crippen LogP) is 2.21. The first-order valence-electron chi connectivity index (χ1n) is 7.78. The summed E-state index contributed by atoms with van der Waals surface area (Å²) in [6.07, 6.45) is 2.56. The predicted molar refractivity (Wildman–Crippen MR) is 87.2 cm³/mol. The summed E-state index contributed by atoms with van der Waals surface area (Å²) in [5.41, 5.74) is 0.537. The molecule has 1 aliphatic heterocycles. The number of hydrogen-bond acceptors (Lipinski definition) is 4. The molecule has 2 heterocycles. The van der Waals surface area contributed by atoms with Crippen molar-refractivity contribution in [3.63, 3.8) is 0 Å². The molecular formula is C16H24ClN3O2. The average molecular weight is 326 g/mol. The molecule has 1 aromatic rings. The summed E-state index contributed by atoms with van der Waals surface area (Å²) in [5.74, 6) is 0.480. The second-order valence-corrected chi connectivity index (χ2v) is 6.40. The molecule has 1 unspecified atom stereocenters. The number of carbonyl (C=O) groups excluding carboxylic acids is 1. The molecule has 1 atom stereocenters. The van der Waals surface area contributed by atoms with Crippen LogP contribution in [0.5, 0.6) is 0 Å². The number of morpholine rings is 1. The molecular weight excluding hydrogens is 302 g/mol. The van der Waals surface area contributed by atoms with Crippen molar-refractivity contribution in [3.8, 4) is 0 Å². The van der Waals surface area contributed by atoms with Crippen LogP contribution in [0, 0.1) is 5.92 Å². The van der Waals surface area contributed by atoms with Crippen molar-refractivity contribution in [2.75, 3.05) is 32.8 Å². The first-order valence-corrected chi connectivity index (χ1v) is 8.15. The van der Waals surface area contributed by atoms with E-state index in [0.29, 0.717) is 29.2 Å². The molecule has 1 saturated heterocycles. The quantitative estimate of drug-likeness (QED) is 0.815. The smallest absolute Gasteiger partial charge is 0.252 e. The highest BCUT2D eigenvalue weighted by Crippen LogP contribution is 2.13. The molecule has 122 valence electrons. The van der Waals surface area contributed by atoms with Crippen LogP contribution in [0.25, 0.3) is 0 Å². The largest absolute Gasteiger partial charge is 0.379 e. The normalized spacial score (nSPS) is 17.5. The molecule has 0 radical (unpaired) electrons.